The van der Waals surface area contributed by atoms with Gasteiger partial charge in [0, 0.05) is 19.4 Å². The van der Waals surface area contributed by atoms with Crippen LogP contribution in [0.4, 0.5) is 0 Å². The second kappa shape index (κ2) is 4.77. The van der Waals surface area contributed by atoms with Crippen molar-refractivity contribution in [1.82, 2.24) is 4.90 Å². The lowest BCUT2D eigenvalue weighted by Crippen LogP contribution is -2.57. The normalized spacial score (nSPS) is 19.5. The second-order valence-corrected chi connectivity index (χ2v) is 3.54. The third-order valence-electron chi connectivity index (χ3n) is 2.45. The number of likely N-dealkylation sites (tertiary alicyclic amines) is 1. The van der Waals surface area contributed by atoms with Crippen LogP contribution in [-0.4, -0.2) is 40.4 Å². The van der Waals surface area contributed by atoms with Gasteiger partial charge in [0.1, 0.15) is 6.04 Å². The molecule has 0 aromatic heterocycles. The van der Waals surface area contributed by atoms with Crippen LogP contribution in [-0.2, 0) is 14.4 Å². The molecule has 1 atom stereocenters. The van der Waals surface area contributed by atoms with E-state index in [0.717, 1.165) is 0 Å². The minimum atomic E-state index is -0.919. The summed E-state index contributed by atoms with van der Waals surface area (Å²) in [6.45, 7) is 0.541. The van der Waals surface area contributed by atoms with Crippen molar-refractivity contribution < 1.29 is 19.5 Å². The fourth-order valence-corrected chi connectivity index (χ4v) is 1.52. The maximum Gasteiger partial charge on any atom is 0.303 e. The van der Waals surface area contributed by atoms with Crippen molar-refractivity contribution in [3.8, 4) is 0 Å². The Morgan fingerprint density at radius 1 is 1.33 bits per heavy atom. The SMILES string of the molecule is NC(=O)C1CCN1C(=O)CCCC(=O)O. The van der Waals surface area contributed by atoms with Crippen LogP contribution in [0.1, 0.15) is 25.7 Å². The Morgan fingerprint density at radius 2 is 2.00 bits per heavy atom. The highest BCUT2D eigenvalue weighted by molar-refractivity contribution is 5.88. The van der Waals surface area contributed by atoms with E-state index in [-0.39, 0.29) is 18.7 Å². The molecule has 6 nitrogen and oxygen atoms in total. The van der Waals surface area contributed by atoms with Gasteiger partial charge >= 0.3 is 5.97 Å². The van der Waals surface area contributed by atoms with Crippen LogP contribution in [0.25, 0.3) is 0 Å². The van der Waals surface area contributed by atoms with E-state index in [0.29, 0.717) is 19.4 Å². The van der Waals surface area contributed by atoms with E-state index < -0.39 is 17.9 Å². The largest absolute Gasteiger partial charge is 0.481 e. The Hall–Kier alpha value is -1.59. The third-order valence-corrected chi connectivity index (χ3v) is 2.45. The molecule has 2 amide bonds. The Kier molecular flexibility index (Phi) is 3.65. The maximum atomic E-state index is 11.4. The predicted octanol–water partition coefficient (Wildman–Crippen LogP) is -0.673. The third kappa shape index (κ3) is 2.93. The molecule has 0 bridgehead atoms. The molecule has 0 aliphatic carbocycles. The molecule has 0 saturated carbocycles. The van der Waals surface area contributed by atoms with Gasteiger partial charge in [-0.15, -0.1) is 0 Å². The van der Waals surface area contributed by atoms with Gasteiger partial charge in [-0.1, -0.05) is 0 Å². The molecule has 1 fully saturated rings. The zero-order valence-corrected chi connectivity index (χ0v) is 8.31. The van der Waals surface area contributed by atoms with Crippen LogP contribution >= 0.6 is 0 Å². The Balaban J connectivity index is 2.29. The Morgan fingerprint density at radius 3 is 2.40 bits per heavy atom. The van der Waals surface area contributed by atoms with E-state index in [1.54, 1.807) is 0 Å². The quantitative estimate of drug-likeness (QED) is 0.633. The molecule has 1 aliphatic rings. The number of carboxylic acid groups (broad SMARTS) is 1. The molecule has 0 radical (unpaired) electrons. The number of aliphatic carboxylic acids is 1. The summed E-state index contributed by atoms with van der Waals surface area (Å²) >= 11 is 0. The number of hydrogen-bond donors (Lipinski definition) is 2. The first-order chi connectivity index (χ1) is 7.02. The van der Waals surface area contributed by atoms with Crippen molar-refractivity contribution in [3.05, 3.63) is 0 Å². The van der Waals surface area contributed by atoms with Crippen molar-refractivity contribution in [2.24, 2.45) is 5.73 Å². The highest BCUT2D eigenvalue weighted by atomic mass is 16.4. The summed E-state index contributed by atoms with van der Waals surface area (Å²) in [6.07, 6.45) is 1.05. The number of nitrogens with two attached hydrogens (primary N) is 1. The average molecular weight is 214 g/mol. The molecule has 1 aliphatic heterocycles. The molecule has 0 spiro atoms. The smallest absolute Gasteiger partial charge is 0.303 e. The maximum absolute atomic E-state index is 11.4. The first kappa shape index (κ1) is 11.5. The molecule has 6 heteroatoms. The van der Waals surface area contributed by atoms with Crippen molar-refractivity contribution in [2.45, 2.75) is 31.7 Å². The van der Waals surface area contributed by atoms with E-state index in [1.807, 2.05) is 0 Å². The Bertz CT molecular complexity index is 290. The summed E-state index contributed by atoms with van der Waals surface area (Å²) in [6, 6.07) is -0.484. The van der Waals surface area contributed by atoms with Crippen LogP contribution in [0, 0.1) is 0 Å². The minimum absolute atomic E-state index is 0.0270. The standard InChI is InChI=1S/C9H14N2O4/c10-9(15)6-4-5-11(6)7(12)2-1-3-8(13)14/h6H,1-5H2,(H2,10,15)(H,13,14). The van der Waals surface area contributed by atoms with Crippen molar-refractivity contribution in [2.75, 3.05) is 6.54 Å². The van der Waals surface area contributed by atoms with E-state index in [9.17, 15) is 14.4 Å². The molecular formula is C9H14N2O4. The molecule has 1 saturated heterocycles. The highest BCUT2D eigenvalue weighted by Gasteiger charge is 2.35. The summed E-state index contributed by atoms with van der Waals surface area (Å²) in [4.78, 5) is 33.9. The molecule has 0 aromatic rings. The molecular weight excluding hydrogens is 200 g/mol. The van der Waals surface area contributed by atoms with Gasteiger partial charge in [0.05, 0.1) is 0 Å². The van der Waals surface area contributed by atoms with Crippen LogP contribution in [0.15, 0.2) is 0 Å². The van der Waals surface area contributed by atoms with Crippen LogP contribution in [0.5, 0.6) is 0 Å². The van der Waals surface area contributed by atoms with Gasteiger partial charge in [0.25, 0.3) is 0 Å². The molecule has 1 heterocycles. The van der Waals surface area contributed by atoms with Gasteiger partial charge in [-0.3, -0.25) is 14.4 Å². The number of nitrogens with zero attached hydrogens (tertiary/aromatic N) is 1. The van der Waals surface area contributed by atoms with Crippen molar-refractivity contribution in [3.63, 3.8) is 0 Å². The van der Waals surface area contributed by atoms with Gasteiger partial charge in [0.2, 0.25) is 11.8 Å². The summed E-state index contributed by atoms with van der Waals surface area (Å²) in [5.41, 5.74) is 5.08. The number of rotatable bonds is 5. The zero-order valence-electron chi connectivity index (χ0n) is 8.31. The number of carboxylic acids is 1. The van der Waals surface area contributed by atoms with E-state index >= 15 is 0 Å². The van der Waals surface area contributed by atoms with Gasteiger partial charge in [-0.05, 0) is 12.8 Å². The fourth-order valence-electron chi connectivity index (χ4n) is 1.52. The highest BCUT2D eigenvalue weighted by Crippen LogP contribution is 2.18. The van der Waals surface area contributed by atoms with Crippen LogP contribution in [0.2, 0.25) is 0 Å². The first-order valence-corrected chi connectivity index (χ1v) is 4.83. The lowest BCUT2D eigenvalue weighted by Gasteiger charge is -2.38. The molecule has 1 rings (SSSR count). The minimum Gasteiger partial charge on any atom is -0.481 e. The molecule has 3 N–H and O–H groups in total. The van der Waals surface area contributed by atoms with E-state index in [2.05, 4.69) is 0 Å². The number of primary amides is 1. The van der Waals surface area contributed by atoms with Crippen LogP contribution in [0.3, 0.4) is 0 Å². The summed E-state index contributed by atoms with van der Waals surface area (Å²) in [5.74, 6) is -1.60. The van der Waals surface area contributed by atoms with E-state index in [4.69, 9.17) is 10.8 Å². The zero-order chi connectivity index (χ0) is 11.4. The van der Waals surface area contributed by atoms with Gasteiger partial charge in [0.15, 0.2) is 0 Å². The molecule has 15 heavy (non-hydrogen) atoms. The average Bonchev–Trinajstić information content (AvgIpc) is 1.99. The summed E-state index contributed by atoms with van der Waals surface area (Å²) < 4.78 is 0. The van der Waals surface area contributed by atoms with Crippen molar-refractivity contribution >= 4 is 17.8 Å². The monoisotopic (exact) mass is 214 g/mol. The summed E-state index contributed by atoms with van der Waals surface area (Å²) in [7, 11) is 0. The topological polar surface area (TPSA) is 101 Å². The lowest BCUT2D eigenvalue weighted by atomic mass is 10.0. The molecule has 0 aromatic carbocycles. The fraction of sp³-hybridized carbons (Fsp3) is 0.667. The first-order valence-electron chi connectivity index (χ1n) is 4.83. The predicted molar refractivity (Wildman–Crippen MR) is 50.8 cm³/mol. The number of carbonyl (C=O) groups excluding carboxylic acids is 2. The molecule has 1 unspecified atom stereocenters. The number of carbonyl (C=O) groups is 3. The lowest BCUT2D eigenvalue weighted by molar-refractivity contribution is -0.146. The molecule has 84 valence electrons. The number of hydrogen-bond acceptors (Lipinski definition) is 3. The Labute approximate surface area is 87.0 Å². The summed E-state index contributed by atoms with van der Waals surface area (Å²) in [5, 5.41) is 8.38. The van der Waals surface area contributed by atoms with Crippen LogP contribution < -0.4 is 5.73 Å². The van der Waals surface area contributed by atoms with Gasteiger partial charge in [-0.2, -0.15) is 0 Å². The van der Waals surface area contributed by atoms with Gasteiger partial charge < -0.3 is 15.7 Å². The number of amides is 2. The van der Waals surface area contributed by atoms with Gasteiger partial charge in [-0.25, -0.2) is 0 Å². The second-order valence-electron chi connectivity index (χ2n) is 3.54. The van der Waals surface area contributed by atoms with E-state index in [1.165, 1.54) is 4.90 Å². The van der Waals surface area contributed by atoms with Crippen molar-refractivity contribution in [1.29, 1.82) is 0 Å².